The molecular formula is C21H34N4O5. The van der Waals surface area contributed by atoms with E-state index in [9.17, 15) is 19.2 Å². The molecule has 3 N–H and O–H groups in total. The van der Waals surface area contributed by atoms with Gasteiger partial charge in [-0.1, -0.05) is 12.7 Å². The van der Waals surface area contributed by atoms with Crippen LogP contribution in [-0.4, -0.2) is 70.9 Å². The Labute approximate surface area is 178 Å². The molecule has 1 aliphatic rings. The third-order valence-electron chi connectivity index (χ3n) is 4.61. The molecule has 0 aliphatic carbocycles. The Morgan fingerprint density at radius 2 is 1.97 bits per heavy atom. The molecule has 1 heterocycles. The Bertz CT molecular complexity index is 671. The van der Waals surface area contributed by atoms with Crippen molar-refractivity contribution in [1.29, 1.82) is 0 Å². The van der Waals surface area contributed by atoms with Crippen molar-refractivity contribution in [2.24, 2.45) is 5.73 Å². The number of rotatable bonds is 10. The van der Waals surface area contributed by atoms with E-state index in [-0.39, 0.29) is 18.2 Å². The molecule has 4 amide bonds. The number of hydrogen-bond donors (Lipinski definition) is 2. The molecule has 9 heteroatoms. The molecule has 168 valence electrons. The van der Waals surface area contributed by atoms with Gasteiger partial charge in [-0.15, -0.1) is 6.58 Å². The summed E-state index contributed by atoms with van der Waals surface area (Å²) in [5, 5.41) is 2.61. The third-order valence-corrected chi connectivity index (χ3v) is 4.61. The maximum absolute atomic E-state index is 13.1. The van der Waals surface area contributed by atoms with Gasteiger partial charge < -0.3 is 25.6 Å². The van der Waals surface area contributed by atoms with Gasteiger partial charge >= 0.3 is 6.09 Å². The summed E-state index contributed by atoms with van der Waals surface area (Å²) in [5.74, 6) is -1.19. The number of likely N-dealkylation sites (tertiary alicyclic amines) is 1. The van der Waals surface area contributed by atoms with E-state index < -0.39 is 29.7 Å². The predicted molar refractivity (Wildman–Crippen MR) is 113 cm³/mol. The van der Waals surface area contributed by atoms with Gasteiger partial charge in [0, 0.05) is 19.6 Å². The van der Waals surface area contributed by atoms with Crippen LogP contribution in [0.3, 0.4) is 0 Å². The van der Waals surface area contributed by atoms with Crippen molar-refractivity contribution < 1.29 is 23.9 Å². The summed E-state index contributed by atoms with van der Waals surface area (Å²) in [7, 11) is 0. The molecule has 1 fully saturated rings. The first-order valence-corrected chi connectivity index (χ1v) is 10.1. The molecule has 0 bridgehead atoms. The quantitative estimate of drug-likeness (QED) is 0.406. The highest BCUT2D eigenvalue weighted by Gasteiger charge is 2.37. The van der Waals surface area contributed by atoms with Crippen LogP contribution in [0.15, 0.2) is 25.3 Å². The fourth-order valence-corrected chi connectivity index (χ4v) is 3.30. The molecule has 0 spiro atoms. The lowest BCUT2D eigenvalue weighted by molar-refractivity contribution is -0.139. The topological polar surface area (TPSA) is 122 Å². The standard InChI is InChI=1S/C21H34N4O5/c1-6-12-24(17(26)7-2)13-8-10-15(23-20(29)30-21(3,4)5)19(28)25-14-9-11-16(25)18(22)27/h6-7,15-16H,1-2,8-14H2,3-5H3,(H2,22,27)(H,23,29)/t15-,16?/m0/s1. The second-order valence-corrected chi connectivity index (χ2v) is 8.21. The van der Waals surface area contributed by atoms with E-state index in [1.54, 1.807) is 26.8 Å². The highest BCUT2D eigenvalue weighted by atomic mass is 16.6. The van der Waals surface area contributed by atoms with Gasteiger partial charge in [-0.2, -0.15) is 0 Å². The number of primary amides is 1. The van der Waals surface area contributed by atoms with Crippen molar-refractivity contribution in [3.05, 3.63) is 25.3 Å². The summed E-state index contributed by atoms with van der Waals surface area (Å²) >= 11 is 0. The summed E-state index contributed by atoms with van der Waals surface area (Å²) in [6.07, 6.45) is 3.96. The first kappa shape index (κ1) is 25.2. The first-order chi connectivity index (χ1) is 14.0. The lowest BCUT2D eigenvalue weighted by Gasteiger charge is -2.29. The number of hydrogen-bond acceptors (Lipinski definition) is 5. The van der Waals surface area contributed by atoms with E-state index in [1.165, 1.54) is 15.9 Å². The molecule has 9 nitrogen and oxygen atoms in total. The van der Waals surface area contributed by atoms with Crippen LogP contribution in [0.5, 0.6) is 0 Å². The van der Waals surface area contributed by atoms with E-state index in [1.807, 2.05) is 0 Å². The van der Waals surface area contributed by atoms with Crippen LogP contribution in [0.2, 0.25) is 0 Å². The van der Waals surface area contributed by atoms with Gasteiger partial charge in [-0.3, -0.25) is 14.4 Å². The fourth-order valence-electron chi connectivity index (χ4n) is 3.30. The highest BCUT2D eigenvalue weighted by molar-refractivity contribution is 5.91. The molecule has 1 rings (SSSR count). The fraction of sp³-hybridized carbons (Fsp3) is 0.619. The normalized spacial score (nSPS) is 17.0. The molecule has 0 aromatic carbocycles. The molecule has 1 saturated heterocycles. The van der Waals surface area contributed by atoms with Crippen molar-refractivity contribution >= 4 is 23.8 Å². The Hall–Kier alpha value is -2.84. The first-order valence-electron chi connectivity index (χ1n) is 10.1. The van der Waals surface area contributed by atoms with E-state index in [0.717, 1.165) is 0 Å². The van der Waals surface area contributed by atoms with E-state index >= 15 is 0 Å². The zero-order valence-corrected chi connectivity index (χ0v) is 18.2. The van der Waals surface area contributed by atoms with Crippen molar-refractivity contribution in [2.75, 3.05) is 19.6 Å². The molecular weight excluding hydrogens is 388 g/mol. The van der Waals surface area contributed by atoms with Gasteiger partial charge in [-0.05, 0) is 52.5 Å². The molecule has 0 saturated carbocycles. The molecule has 0 radical (unpaired) electrons. The number of nitrogens with zero attached hydrogens (tertiary/aromatic N) is 2. The average Bonchev–Trinajstić information content (AvgIpc) is 3.13. The number of nitrogens with one attached hydrogen (secondary N) is 1. The van der Waals surface area contributed by atoms with Crippen LogP contribution in [-0.2, 0) is 19.1 Å². The summed E-state index contributed by atoms with van der Waals surface area (Å²) in [5.41, 5.74) is 4.70. The number of carbonyl (C=O) groups excluding carboxylic acids is 4. The number of nitrogens with two attached hydrogens (primary N) is 1. The van der Waals surface area contributed by atoms with E-state index in [0.29, 0.717) is 38.9 Å². The summed E-state index contributed by atoms with van der Waals surface area (Å²) < 4.78 is 5.27. The number of carbonyl (C=O) groups is 4. The molecule has 0 aromatic heterocycles. The molecule has 1 aliphatic heterocycles. The van der Waals surface area contributed by atoms with Gasteiger partial charge in [0.1, 0.15) is 17.7 Å². The molecule has 30 heavy (non-hydrogen) atoms. The zero-order chi connectivity index (χ0) is 22.9. The Morgan fingerprint density at radius 1 is 1.30 bits per heavy atom. The van der Waals surface area contributed by atoms with Crippen LogP contribution in [0.4, 0.5) is 4.79 Å². The Balaban J connectivity index is 2.88. The molecule has 1 unspecified atom stereocenters. The third kappa shape index (κ3) is 7.88. The van der Waals surface area contributed by atoms with Crippen molar-refractivity contribution in [1.82, 2.24) is 15.1 Å². The second kappa shape index (κ2) is 11.4. The van der Waals surface area contributed by atoms with Crippen LogP contribution >= 0.6 is 0 Å². The summed E-state index contributed by atoms with van der Waals surface area (Å²) in [4.78, 5) is 51.9. The van der Waals surface area contributed by atoms with E-state index in [4.69, 9.17) is 10.5 Å². The van der Waals surface area contributed by atoms with Crippen LogP contribution in [0.25, 0.3) is 0 Å². The number of alkyl carbamates (subject to hydrolysis) is 1. The maximum atomic E-state index is 13.1. The average molecular weight is 423 g/mol. The zero-order valence-electron chi connectivity index (χ0n) is 18.2. The second-order valence-electron chi connectivity index (χ2n) is 8.21. The summed E-state index contributed by atoms with van der Waals surface area (Å²) in [6, 6.07) is -1.58. The predicted octanol–water partition coefficient (Wildman–Crippen LogP) is 1.34. The van der Waals surface area contributed by atoms with Gasteiger partial charge in [0.2, 0.25) is 17.7 Å². The minimum Gasteiger partial charge on any atom is -0.444 e. The SMILES string of the molecule is C=CCN(CCC[C@H](NC(=O)OC(C)(C)C)C(=O)N1CCCC1C(N)=O)C(=O)C=C. The smallest absolute Gasteiger partial charge is 0.408 e. The summed E-state index contributed by atoms with van der Waals surface area (Å²) in [6.45, 7) is 13.4. The monoisotopic (exact) mass is 422 g/mol. The number of ether oxygens (including phenoxy) is 1. The van der Waals surface area contributed by atoms with Crippen molar-refractivity contribution in [3.63, 3.8) is 0 Å². The Morgan fingerprint density at radius 3 is 2.50 bits per heavy atom. The van der Waals surface area contributed by atoms with Crippen molar-refractivity contribution in [3.8, 4) is 0 Å². The minimum atomic E-state index is -0.899. The molecule has 0 aromatic rings. The maximum Gasteiger partial charge on any atom is 0.408 e. The van der Waals surface area contributed by atoms with Crippen LogP contribution < -0.4 is 11.1 Å². The van der Waals surface area contributed by atoms with Crippen LogP contribution in [0, 0.1) is 0 Å². The van der Waals surface area contributed by atoms with Gasteiger partial charge in [0.05, 0.1) is 0 Å². The Kier molecular flexibility index (Phi) is 9.55. The highest BCUT2D eigenvalue weighted by Crippen LogP contribution is 2.19. The van der Waals surface area contributed by atoms with E-state index in [2.05, 4.69) is 18.5 Å². The van der Waals surface area contributed by atoms with Crippen LogP contribution in [0.1, 0.15) is 46.5 Å². The molecule has 2 atom stereocenters. The van der Waals surface area contributed by atoms with Gasteiger partial charge in [0.25, 0.3) is 0 Å². The largest absolute Gasteiger partial charge is 0.444 e. The minimum absolute atomic E-state index is 0.244. The van der Waals surface area contributed by atoms with Gasteiger partial charge in [0.15, 0.2) is 0 Å². The lowest BCUT2D eigenvalue weighted by atomic mass is 10.1. The number of amides is 4. The van der Waals surface area contributed by atoms with Crippen molar-refractivity contribution in [2.45, 2.75) is 64.1 Å². The lowest BCUT2D eigenvalue weighted by Crippen LogP contribution is -2.53. The van der Waals surface area contributed by atoms with Gasteiger partial charge in [-0.25, -0.2) is 4.79 Å².